The second kappa shape index (κ2) is 7.59. The Hall–Kier alpha value is -2.74. The van der Waals surface area contributed by atoms with E-state index in [1.165, 1.54) is 24.5 Å². The maximum atomic E-state index is 13.4. The molecule has 2 N–H and O–H groups in total. The van der Waals surface area contributed by atoms with Crippen molar-refractivity contribution in [2.75, 3.05) is 6.61 Å². The van der Waals surface area contributed by atoms with Crippen molar-refractivity contribution in [2.24, 2.45) is 5.92 Å². The molecule has 3 aliphatic carbocycles. The molecule has 1 heterocycles. The van der Waals surface area contributed by atoms with E-state index in [1.807, 2.05) is 0 Å². The molecule has 9 heteroatoms. The number of nitrogens with one attached hydrogen (secondary N) is 2. The molecule has 2 bridgehead atoms. The van der Waals surface area contributed by atoms with E-state index in [-0.39, 0.29) is 40.8 Å². The van der Waals surface area contributed by atoms with E-state index in [1.54, 1.807) is 6.92 Å². The van der Waals surface area contributed by atoms with Crippen molar-refractivity contribution in [3.8, 4) is 5.75 Å². The Kier molecular flexibility index (Phi) is 5.12. The molecule has 3 fully saturated rings. The summed E-state index contributed by atoms with van der Waals surface area (Å²) in [6.07, 6.45) is 5.32. The summed E-state index contributed by atoms with van der Waals surface area (Å²) in [7, 11) is 0. The second-order valence-corrected chi connectivity index (χ2v) is 8.07. The van der Waals surface area contributed by atoms with E-state index < -0.39 is 5.82 Å². The minimum atomic E-state index is -0.599. The van der Waals surface area contributed by atoms with Crippen LogP contribution >= 0.6 is 11.6 Å². The number of carbonyl (C=O) groups is 2. The van der Waals surface area contributed by atoms with Crippen LogP contribution in [0, 0.1) is 18.7 Å². The topological polar surface area (TPSA) is 93.2 Å². The first kappa shape index (κ1) is 19.6. The van der Waals surface area contributed by atoms with Gasteiger partial charge >= 0.3 is 0 Å². The van der Waals surface area contributed by atoms with Gasteiger partial charge in [-0.1, -0.05) is 11.6 Å². The Morgan fingerprint density at radius 1 is 1.28 bits per heavy atom. The standard InChI is InChI=1S/C20H20ClFN4O3/c1-11-23-8-13(9-24-11)19(28)26-20-5-12(6-20)17(7-20)25-18(27)10-29-14-2-3-15(21)16(22)4-14/h2-4,8-9,12,17H,5-7,10H2,1H3,(H,25,27)(H,26,28). The summed E-state index contributed by atoms with van der Waals surface area (Å²) in [6.45, 7) is 1.54. The lowest BCUT2D eigenvalue weighted by atomic mass is 9.76. The number of ether oxygens (including phenoxy) is 1. The molecule has 29 heavy (non-hydrogen) atoms. The van der Waals surface area contributed by atoms with Gasteiger partial charge < -0.3 is 15.4 Å². The minimum Gasteiger partial charge on any atom is -0.484 e. The number of amides is 2. The largest absolute Gasteiger partial charge is 0.484 e. The molecule has 1 unspecified atom stereocenters. The van der Waals surface area contributed by atoms with E-state index >= 15 is 0 Å². The third-order valence-corrected chi connectivity index (χ3v) is 5.82. The fraction of sp³-hybridized carbons (Fsp3) is 0.400. The van der Waals surface area contributed by atoms with E-state index in [9.17, 15) is 14.0 Å². The van der Waals surface area contributed by atoms with Gasteiger partial charge in [-0.2, -0.15) is 0 Å². The van der Waals surface area contributed by atoms with E-state index in [2.05, 4.69) is 20.6 Å². The molecule has 1 atom stereocenters. The number of aromatic nitrogens is 2. The van der Waals surface area contributed by atoms with Gasteiger partial charge in [-0.15, -0.1) is 0 Å². The predicted molar refractivity (Wildman–Crippen MR) is 103 cm³/mol. The first-order valence-corrected chi connectivity index (χ1v) is 9.70. The Labute approximate surface area is 172 Å². The summed E-state index contributed by atoms with van der Waals surface area (Å²) in [5, 5.41) is 6.02. The molecule has 3 aliphatic rings. The lowest BCUT2D eigenvalue weighted by Gasteiger charge is -2.39. The number of rotatable bonds is 6. The van der Waals surface area contributed by atoms with Crippen molar-refractivity contribution in [3.63, 3.8) is 0 Å². The summed E-state index contributed by atoms with van der Waals surface area (Å²) < 4.78 is 18.7. The van der Waals surface area contributed by atoms with Gasteiger partial charge in [0, 0.05) is 30.0 Å². The van der Waals surface area contributed by atoms with E-state index in [4.69, 9.17) is 16.3 Å². The summed E-state index contributed by atoms with van der Waals surface area (Å²) >= 11 is 5.63. The van der Waals surface area contributed by atoms with Gasteiger partial charge in [0.05, 0.1) is 10.6 Å². The van der Waals surface area contributed by atoms with Crippen molar-refractivity contribution in [1.82, 2.24) is 20.6 Å². The molecular formula is C20H20ClFN4O3. The smallest absolute Gasteiger partial charge is 0.258 e. The average molecular weight is 419 g/mol. The molecule has 3 saturated carbocycles. The molecule has 2 amide bonds. The molecule has 0 spiro atoms. The quantitative estimate of drug-likeness (QED) is 0.751. The van der Waals surface area contributed by atoms with Crippen LogP contribution in [0.2, 0.25) is 5.02 Å². The van der Waals surface area contributed by atoms with Crippen LogP contribution < -0.4 is 15.4 Å². The maximum absolute atomic E-state index is 13.4. The van der Waals surface area contributed by atoms with Gasteiger partial charge in [0.2, 0.25) is 0 Å². The number of hydrogen-bond donors (Lipinski definition) is 2. The molecular weight excluding hydrogens is 399 g/mol. The van der Waals surface area contributed by atoms with Gasteiger partial charge in [0.25, 0.3) is 11.8 Å². The summed E-state index contributed by atoms with van der Waals surface area (Å²) in [5.41, 5.74) is 0.120. The predicted octanol–water partition coefficient (Wildman–Crippen LogP) is 2.42. The first-order chi connectivity index (χ1) is 13.8. The number of nitrogens with zero attached hydrogens (tertiary/aromatic N) is 2. The van der Waals surface area contributed by atoms with Crippen molar-refractivity contribution < 1.29 is 18.7 Å². The van der Waals surface area contributed by atoms with E-state index in [0.29, 0.717) is 23.7 Å². The molecule has 1 aromatic heterocycles. The van der Waals surface area contributed by atoms with Crippen LogP contribution in [0.5, 0.6) is 5.75 Å². The molecule has 5 rings (SSSR count). The Morgan fingerprint density at radius 2 is 2.00 bits per heavy atom. The number of halogens is 2. The zero-order valence-electron chi connectivity index (χ0n) is 15.7. The van der Waals surface area contributed by atoms with Crippen LogP contribution in [-0.2, 0) is 4.79 Å². The molecule has 1 aromatic carbocycles. The third kappa shape index (κ3) is 4.17. The average Bonchev–Trinajstić information content (AvgIpc) is 3.16. The Morgan fingerprint density at radius 3 is 2.69 bits per heavy atom. The summed E-state index contributed by atoms with van der Waals surface area (Å²) in [5.74, 6) is 0.0756. The fourth-order valence-electron chi connectivity index (χ4n) is 4.09. The van der Waals surface area contributed by atoms with Crippen LogP contribution in [0.1, 0.15) is 35.4 Å². The van der Waals surface area contributed by atoms with Crippen LogP contribution in [0.3, 0.4) is 0 Å². The molecule has 152 valence electrons. The Balaban J connectivity index is 1.27. The second-order valence-electron chi connectivity index (χ2n) is 7.66. The summed E-state index contributed by atoms with van der Waals surface area (Å²) in [6, 6.07) is 4.00. The van der Waals surface area contributed by atoms with Gasteiger partial charge in [0.1, 0.15) is 17.4 Å². The SMILES string of the molecule is Cc1ncc(C(=O)NC23CC(C2)C(NC(=O)COc2ccc(Cl)c(F)c2)C3)cn1. The summed E-state index contributed by atoms with van der Waals surface area (Å²) in [4.78, 5) is 32.7. The highest BCUT2D eigenvalue weighted by atomic mass is 35.5. The van der Waals surface area contributed by atoms with Crippen molar-refractivity contribution in [2.45, 2.75) is 37.8 Å². The highest BCUT2D eigenvalue weighted by Crippen LogP contribution is 2.52. The van der Waals surface area contributed by atoms with Gasteiger partial charge in [-0.05, 0) is 44.2 Å². The van der Waals surface area contributed by atoms with Crippen LogP contribution in [-0.4, -0.2) is 40.0 Å². The number of hydrogen-bond acceptors (Lipinski definition) is 5. The lowest BCUT2D eigenvalue weighted by Crippen LogP contribution is -2.51. The van der Waals surface area contributed by atoms with Crippen LogP contribution in [0.15, 0.2) is 30.6 Å². The molecule has 0 saturated heterocycles. The van der Waals surface area contributed by atoms with Gasteiger partial charge in [0.15, 0.2) is 6.61 Å². The minimum absolute atomic E-state index is 0.00271. The molecule has 0 radical (unpaired) electrons. The zero-order valence-corrected chi connectivity index (χ0v) is 16.5. The number of carbonyl (C=O) groups excluding carboxylic acids is 2. The zero-order chi connectivity index (χ0) is 20.6. The van der Waals surface area contributed by atoms with Gasteiger partial charge in [-0.25, -0.2) is 14.4 Å². The molecule has 7 nitrogen and oxygen atoms in total. The van der Waals surface area contributed by atoms with E-state index in [0.717, 1.165) is 18.9 Å². The van der Waals surface area contributed by atoms with Gasteiger partial charge in [-0.3, -0.25) is 9.59 Å². The van der Waals surface area contributed by atoms with Crippen molar-refractivity contribution >= 4 is 23.4 Å². The number of aryl methyl sites for hydroxylation is 1. The van der Waals surface area contributed by atoms with Crippen molar-refractivity contribution in [1.29, 1.82) is 0 Å². The first-order valence-electron chi connectivity index (χ1n) is 9.32. The molecule has 0 aliphatic heterocycles. The fourth-order valence-corrected chi connectivity index (χ4v) is 4.21. The third-order valence-electron chi connectivity index (χ3n) is 5.51. The van der Waals surface area contributed by atoms with Crippen LogP contribution in [0.25, 0.3) is 0 Å². The monoisotopic (exact) mass is 418 g/mol. The lowest BCUT2D eigenvalue weighted by molar-refractivity contribution is -0.124. The highest BCUT2D eigenvalue weighted by molar-refractivity contribution is 6.30. The number of fused-ring (bicyclic) bond motifs is 1. The number of benzene rings is 1. The maximum Gasteiger partial charge on any atom is 0.258 e. The Bertz CT molecular complexity index is 947. The van der Waals surface area contributed by atoms with Crippen LogP contribution in [0.4, 0.5) is 4.39 Å². The normalized spacial score (nSPS) is 24.5. The highest BCUT2D eigenvalue weighted by Gasteiger charge is 2.57. The van der Waals surface area contributed by atoms with Crippen molar-refractivity contribution in [3.05, 3.63) is 52.8 Å². The molecule has 2 aromatic rings.